The molecule has 114 valence electrons. The molecular weight excluding hydrogens is 248 g/mol. The van der Waals surface area contributed by atoms with Crippen LogP contribution in [-0.2, 0) is 9.53 Å². The molecule has 0 aliphatic heterocycles. The normalized spacial score (nSPS) is 16.1. The number of aliphatic hydroxyl groups excluding tert-OH is 1. The van der Waals surface area contributed by atoms with E-state index in [0.717, 1.165) is 25.7 Å². The van der Waals surface area contributed by atoms with Gasteiger partial charge in [-0.3, -0.25) is 0 Å². The number of carbonyl (C=O) groups is 1. The van der Waals surface area contributed by atoms with E-state index in [0.29, 0.717) is 19.6 Å². The van der Waals surface area contributed by atoms with Crippen LogP contribution in [0.15, 0.2) is 0 Å². The highest BCUT2D eigenvalue weighted by Gasteiger charge is 2.19. The second-order valence-electron chi connectivity index (χ2n) is 5.01. The molecule has 0 aliphatic rings. The molecule has 4 N–H and O–H groups in total. The molecule has 0 saturated carbocycles. The lowest BCUT2D eigenvalue weighted by atomic mass is 10.1. The van der Waals surface area contributed by atoms with Gasteiger partial charge in [-0.05, 0) is 26.7 Å². The van der Waals surface area contributed by atoms with Crippen LogP contribution in [0, 0.1) is 0 Å². The molecule has 0 aromatic heterocycles. The Labute approximate surface area is 115 Å². The Balaban J connectivity index is 3.62. The Morgan fingerprint density at radius 3 is 2.47 bits per heavy atom. The van der Waals surface area contributed by atoms with E-state index in [1.807, 2.05) is 0 Å². The number of rotatable bonds is 12. The van der Waals surface area contributed by atoms with Gasteiger partial charge in [0, 0.05) is 20.0 Å². The number of carbonyl (C=O) groups excluding carboxylic acids is 1. The third kappa shape index (κ3) is 11.0. The summed E-state index contributed by atoms with van der Waals surface area (Å²) in [6.07, 6.45) is 3.84. The van der Waals surface area contributed by atoms with Crippen molar-refractivity contribution in [2.24, 2.45) is 0 Å². The van der Waals surface area contributed by atoms with E-state index in [9.17, 15) is 15.1 Å². The van der Waals surface area contributed by atoms with Crippen LogP contribution in [0.3, 0.4) is 0 Å². The van der Waals surface area contributed by atoms with E-state index in [-0.39, 0.29) is 17.0 Å². The van der Waals surface area contributed by atoms with E-state index in [2.05, 4.69) is 5.43 Å². The fraction of sp³-hybridized carbons (Fsp3) is 0.923. The molecule has 6 nitrogen and oxygen atoms in total. The quantitative estimate of drug-likeness (QED) is 0.291. The van der Waals surface area contributed by atoms with Gasteiger partial charge in [0.25, 0.3) is 0 Å². The van der Waals surface area contributed by atoms with Crippen LogP contribution in [0.25, 0.3) is 0 Å². The predicted molar refractivity (Wildman–Crippen MR) is 71.9 cm³/mol. The van der Waals surface area contributed by atoms with E-state index >= 15 is 0 Å². The zero-order chi connectivity index (χ0) is 14.7. The summed E-state index contributed by atoms with van der Waals surface area (Å²) in [5, 5.41) is 19.4. The number of methoxy groups -OCH3 is 1. The number of hydrogen-bond acceptors (Lipinski definition) is 5. The molecule has 0 heterocycles. The first-order valence-corrected chi connectivity index (χ1v) is 6.95. The van der Waals surface area contributed by atoms with Gasteiger partial charge in [-0.15, -0.1) is 10.6 Å². The molecule has 0 spiro atoms. The van der Waals surface area contributed by atoms with Crippen molar-refractivity contribution in [1.29, 1.82) is 0 Å². The molecule has 0 bridgehead atoms. The van der Waals surface area contributed by atoms with E-state index in [1.165, 1.54) is 0 Å². The lowest BCUT2D eigenvalue weighted by molar-refractivity contribution is -1.13. The predicted octanol–water partition coefficient (Wildman–Crippen LogP) is -0.300. The minimum Gasteiger partial charge on any atom is -0.391 e. The van der Waals surface area contributed by atoms with Crippen molar-refractivity contribution in [2.75, 3.05) is 20.3 Å². The lowest BCUT2D eigenvalue weighted by Gasteiger charge is -2.22. The zero-order valence-electron chi connectivity index (χ0n) is 12.3. The molecule has 0 radical (unpaired) electrons. The van der Waals surface area contributed by atoms with Crippen molar-refractivity contribution in [3.05, 3.63) is 0 Å². The lowest BCUT2D eigenvalue weighted by Crippen LogP contribution is -3.17. The average molecular weight is 277 g/mol. The smallest absolute Gasteiger partial charge is 0.129 e. The topological polar surface area (TPSA) is 83.2 Å². The van der Waals surface area contributed by atoms with Gasteiger partial charge in [0.05, 0.1) is 12.7 Å². The summed E-state index contributed by atoms with van der Waals surface area (Å²) >= 11 is 0. The molecule has 6 heteroatoms. The Kier molecular flexibility index (Phi) is 11.0. The maximum Gasteiger partial charge on any atom is 0.129 e. The number of quaternary nitrogens is 1. The van der Waals surface area contributed by atoms with Crippen LogP contribution in [0.5, 0.6) is 0 Å². The highest BCUT2D eigenvalue weighted by Crippen LogP contribution is 2.02. The fourth-order valence-electron chi connectivity index (χ4n) is 1.79. The monoisotopic (exact) mass is 277 g/mol. The van der Waals surface area contributed by atoms with Gasteiger partial charge in [0.1, 0.15) is 18.4 Å². The Morgan fingerprint density at radius 2 is 1.95 bits per heavy atom. The summed E-state index contributed by atoms with van der Waals surface area (Å²) in [6.45, 7) is 4.18. The molecule has 0 aromatic carbocycles. The zero-order valence-corrected chi connectivity index (χ0v) is 12.3. The highest BCUT2D eigenvalue weighted by atomic mass is 16.5. The Bertz CT molecular complexity index is 237. The van der Waals surface area contributed by atoms with Gasteiger partial charge in [-0.2, -0.15) is 5.21 Å². The molecule has 0 rings (SSSR count). The van der Waals surface area contributed by atoms with Crippen LogP contribution >= 0.6 is 0 Å². The number of Topliss-reactive ketones (excluding diaryl/α,β-unsaturated/α-hetero) is 1. The standard InChI is InChI=1S/C13H28N2O4/c1-11(16)8-6-4-5-7-9-15(18)14-13(10-19-3)12(2)17/h12-14,17-18H,4-10H2,1-3H3/p+1. The van der Waals surface area contributed by atoms with Gasteiger partial charge in [-0.25, -0.2) is 0 Å². The first-order chi connectivity index (χ1) is 8.97. The molecule has 3 atom stereocenters. The maximum atomic E-state index is 10.7. The summed E-state index contributed by atoms with van der Waals surface area (Å²) in [4.78, 5) is 10.7. The largest absolute Gasteiger partial charge is 0.391 e. The van der Waals surface area contributed by atoms with Crippen molar-refractivity contribution in [3.63, 3.8) is 0 Å². The van der Waals surface area contributed by atoms with E-state index in [1.54, 1.807) is 21.0 Å². The number of ketones is 1. The van der Waals surface area contributed by atoms with Gasteiger partial charge in [-0.1, -0.05) is 6.42 Å². The molecule has 0 saturated heterocycles. The van der Waals surface area contributed by atoms with Crippen LogP contribution in [0.4, 0.5) is 0 Å². The van der Waals surface area contributed by atoms with Crippen molar-refractivity contribution in [1.82, 2.24) is 5.43 Å². The summed E-state index contributed by atoms with van der Waals surface area (Å²) < 4.78 is 4.97. The van der Waals surface area contributed by atoms with Gasteiger partial charge < -0.3 is 14.6 Å². The summed E-state index contributed by atoms with van der Waals surface area (Å²) in [7, 11) is 1.56. The highest BCUT2D eigenvalue weighted by molar-refractivity contribution is 5.75. The summed E-state index contributed by atoms with van der Waals surface area (Å²) in [6, 6.07) is -0.289. The molecule has 19 heavy (non-hydrogen) atoms. The summed E-state index contributed by atoms with van der Waals surface area (Å²) in [5.74, 6) is 0.232. The van der Waals surface area contributed by atoms with Crippen molar-refractivity contribution in [2.45, 2.75) is 58.1 Å². The number of unbranched alkanes of at least 4 members (excludes halogenated alkanes) is 3. The molecule has 3 unspecified atom stereocenters. The number of ether oxygens (including phenoxy) is 1. The average Bonchev–Trinajstić information content (AvgIpc) is 2.32. The molecular formula is C13H29N2O4+. The van der Waals surface area contributed by atoms with E-state index < -0.39 is 6.10 Å². The first-order valence-electron chi connectivity index (χ1n) is 6.95. The summed E-state index contributed by atoms with van der Waals surface area (Å²) in [5.41, 5.74) is 2.87. The number of aliphatic hydroxyl groups is 1. The van der Waals surface area contributed by atoms with Crippen molar-refractivity contribution < 1.29 is 25.0 Å². The third-order valence-electron chi connectivity index (χ3n) is 2.97. The number of hydrogen-bond donors (Lipinski definition) is 4. The van der Waals surface area contributed by atoms with Crippen LogP contribution in [-0.4, -0.2) is 48.5 Å². The molecule has 0 amide bonds. The Morgan fingerprint density at radius 1 is 1.32 bits per heavy atom. The van der Waals surface area contributed by atoms with Gasteiger partial charge >= 0.3 is 0 Å². The third-order valence-corrected chi connectivity index (χ3v) is 2.97. The number of hydroxylamine groups is 1. The van der Waals surface area contributed by atoms with E-state index in [4.69, 9.17) is 4.74 Å². The molecule has 0 aliphatic carbocycles. The minimum atomic E-state index is -0.585. The van der Waals surface area contributed by atoms with Crippen molar-refractivity contribution in [3.8, 4) is 0 Å². The fourth-order valence-corrected chi connectivity index (χ4v) is 1.79. The SMILES string of the molecule is COCC(N[NH+](O)CCCCCCC(C)=O)C(C)O. The van der Waals surface area contributed by atoms with Crippen LogP contribution < -0.4 is 10.6 Å². The van der Waals surface area contributed by atoms with Crippen LogP contribution in [0.1, 0.15) is 46.0 Å². The first kappa shape index (κ1) is 18.5. The van der Waals surface area contributed by atoms with Crippen molar-refractivity contribution >= 4 is 5.78 Å². The minimum absolute atomic E-state index is 0.189. The second kappa shape index (κ2) is 11.3. The molecule has 0 fully saturated rings. The maximum absolute atomic E-state index is 10.7. The molecule has 0 aromatic rings. The van der Waals surface area contributed by atoms with Gasteiger partial charge in [0.2, 0.25) is 0 Å². The van der Waals surface area contributed by atoms with Gasteiger partial charge in [0.15, 0.2) is 0 Å². The Hall–Kier alpha value is -0.530. The number of nitrogens with one attached hydrogen (secondary N) is 2. The van der Waals surface area contributed by atoms with Crippen LogP contribution in [0.2, 0.25) is 0 Å². The second-order valence-corrected chi connectivity index (χ2v) is 5.01.